The molecule has 2 rings (SSSR count). The van der Waals surface area contributed by atoms with E-state index >= 15 is 0 Å². The number of hydrogen-bond acceptors (Lipinski definition) is 3. The second kappa shape index (κ2) is 4.98. The molecule has 0 aliphatic carbocycles. The first-order valence-electron chi connectivity index (χ1n) is 5.02. The van der Waals surface area contributed by atoms with Crippen LogP contribution in [0.15, 0.2) is 16.6 Å². The summed E-state index contributed by atoms with van der Waals surface area (Å²) < 4.78 is 0.721. The van der Waals surface area contributed by atoms with Crippen LogP contribution in [0.3, 0.4) is 0 Å². The van der Waals surface area contributed by atoms with Gasteiger partial charge in [-0.1, -0.05) is 30.1 Å². The lowest BCUT2D eigenvalue weighted by Crippen LogP contribution is -2.08. The summed E-state index contributed by atoms with van der Waals surface area (Å²) in [6.45, 7) is 2.02. The highest BCUT2D eigenvalue weighted by Gasteiger charge is 2.13. The van der Waals surface area contributed by atoms with Crippen molar-refractivity contribution in [2.24, 2.45) is 5.84 Å². The summed E-state index contributed by atoms with van der Waals surface area (Å²) in [4.78, 5) is 4.47. The number of nitrogen functional groups attached to an aromatic ring is 1. The van der Waals surface area contributed by atoms with Crippen LogP contribution in [0.25, 0.3) is 10.9 Å². The van der Waals surface area contributed by atoms with E-state index in [9.17, 15) is 0 Å². The van der Waals surface area contributed by atoms with Crippen LogP contribution in [0.1, 0.15) is 12.6 Å². The lowest BCUT2D eigenvalue weighted by molar-refractivity contribution is 1.06. The Bertz CT molecular complexity index is 587. The van der Waals surface area contributed by atoms with Crippen molar-refractivity contribution < 1.29 is 0 Å². The number of nitrogens with two attached hydrogens (primary N) is 1. The van der Waals surface area contributed by atoms with Gasteiger partial charge in [-0.15, -0.1) is 0 Å². The lowest BCUT2D eigenvalue weighted by atomic mass is 10.1. The summed E-state index contributed by atoms with van der Waals surface area (Å²) in [5.41, 5.74) is 5.01. The molecule has 0 radical (unpaired) electrons. The fraction of sp³-hybridized carbons (Fsp3) is 0.182. The molecule has 0 unspecified atom stereocenters. The number of rotatable bonds is 2. The predicted molar refractivity (Wildman–Crippen MR) is 76.7 cm³/mol. The molecule has 0 bridgehead atoms. The lowest BCUT2D eigenvalue weighted by Gasteiger charge is -2.11. The number of pyridine rings is 1. The van der Waals surface area contributed by atoms with Crippen LogP contribution in [0, 0.1) is 0 Å². The van der Waals surface area contributed by atoms with Gasteiger partial charge in [-0.05, 0) is 34.5 Å². The summed E-state index contributed by atoms with van der Waals surface area (Å²) in [6.07, 6.45) is 0.800. The third kappa shape index (κ3) is 2.22. The van der Waals surface area contributed by atoms with Crippen molar-refractivity contribution in [3.8, 4) is 0 Å². The van der Waals surface area contributed by atoms with E-state index in [1.54, 1.807) is 0 Å². The Kier molecular flexibility index (Phi) is 3.78. The topological polar surface area (TPSA) is 50.9 Å². The monoisotopic (exact) mass is 333 g/mol. The number of benzene rings is 1. The number of nitrogens with zero attached hydrogens (tertiary/aromatic N) is 1. The van der Waals surface area contributed by atoms with E-state index in [1.165, 1.54) is 0 Å². The molecule has 90 valence electrons. The van der Waals surface area contributed by atoms with Gasteiger partial charge in [0.25, 0.3) is 0 Å². The Morgan fingerprint density at radius 2 is 2.06 bits per heavy atom. The fourth-order valence-electron chi connectivity index (χ4n) is 1.62. The van der Waals surface area contributed by atoms with E-state index in [-0.39, 0.29) is 0 Å². The van der Waals surface area contributed by atoms with Crippen molar-refractivity contribution in [2.45, 2.75) is 13.3 Å². The first-order chi connectivity index (χ1) is 8.08. The third-order valence-corrected chi connectivity index (χ3v) is 4.22. The van der Waals surface area contributed by atoms with Crippen LogP contribution in [-0.2, 0) is 6.42 Å². The number of aryl methyl sites for hydroxylation is 1. The fourth-order valence-corrected chi connectivity index (χ4v) is 2.55. The molecule has 0 saturated carbocycles. The number of hydrogen-bond donors (Lipinski definition) is 2. The first kappa shape index (κ1) is 12.9. The minimum atomic E-state index is 0.433. The molecule has 0 aliphatic rings. The second-order valence-corrected chi connectivity index (χ2v) is 5.15. The molecule has 1 aromatic heterocycles. The number of aromatic nitrogens is 1. The van der Waals surface area contributed by atoms with Gasteiger partial charge in [0.05, 0.1) is 21.2 Å². The number of hydrazine groups is 1. The smallest absolute Gasteiger partial charge is 0.0928 e. The van der Waals surface area contributed by atoms with Crippen molar-refractivity contribution in [1.82, 2.24) is 4.98 Å². The molecule has 17 heavy (non-hydrogen) atoms. The molecule has 0 aliphatic heterocycles. The Labute approximate surface area is 117 Å². The minimum Gasteiger partial charge on any atom is -0.323 e. The quantitative estimate of drug-likeness (QED) is 0.492. The first-order valence-corrected chi connectivity index (χ1v) is 6.57. The van der Waals surface area contributed by atoms with Crippen molar-refractivity contribution in [3.63, 3.8) is 0 Å². The second-order valence-electron chi connectivity index (χ2n) is 3.54. The number of fused-ring (bicyclic) bond motifs is 1. The molecule has 0 spiro atoms. The van der Waals surface area contributed by atoms with E-state index in [1.807, 2.05) is 19.1 Å². The Morgan fingerprint density at radius 3 is 2.65 bits per heavy atom. The maximum atomic E-state index is 6.20. The SMILES string of the molecule is CCc1cc(NN)c2cc(Br)c(Cl)c(Cl)c2n1. The van der Waals surface area contributed by atoms with Gasteiger partial charge in [-0.3, -0.25) is 10.8 Å². The van der Waals surface area contributed by atoms with Gasteiger partial charge in [0.15, 0.2) is 0 Å². The molecule has 3 nitrogen and oxygen atoms in total. The number of nitrogens with one attached hydrogen (secondary N) is 1. The van der Waals surface area contributed by atoms with Crippen molar-refractivity contribution >= 4 is 55.7 Å². The van der Waals surface area contributed by atoms with Crippen LogP contribution in [0.4, 0.5) is 5.69 Å². The highest BCUT2D eigenvalue weighted by molar-refractivity contribution is 9.10. The maximum absolute atomic E-state index is 6.20. The highest BCUT2D eigenvalue weighted by atomic mass is 79.9. The zero-order chi connectivity index (χ0) is 12.6. The minimum absolute atomic E-state index is 0.433. The van der Waals surface area contributed by atoms with Crippen LogP contribution in [0.2, 0.25) is 10.0 Å². The molecule has 1 heterocycles. The van der Waals surface area contributed by atoms with Gasteiger partial charge in [0.1, 0.15) is 0 Å². The average molecular weight is 335 g/mol. The summed E-state index contributed by atoms with van der Waals surface area (Å²) >= 11 is 15.6. The molecule has 1 aromatic carbocycles. The van der Waals surface area contributed by atoms with E-state index in [0.717, 1.165) is 27.7 Å². The molecule has 3 N–H and O–H groups in total. The number of halogens is 3. The molecule has 0 saturated heterocycles. The molecular weight excluding hydrogens is 325 g/mol. The van der Waals surface area contributed by atoms with E-state index in [2.05, 4.69) is 26.3 Å². The zero-order valence-electron chi connectivity index (χ0n) is 9.02. The van der Waals surface area contributed by atoms with Crippen LogP contribution >= 0.6 is 39.1 Å². The van der Waals surface area contributed by atoms with Crippen LogP contribution in [0.5, 0.6) is 0 Å². The normalized spacial score (nSPS) is 10.9. The Hall–Kier alpha value is -0.550. The van der Waals surface area contributed by atoms with E-state index in [0.29, 0.717) is 15.6 Å². The zero-order valence-corrected chi connectivity index (χ0v) is 12.1. The molecule has 0 fully saturated rings. The highest BCUT2D eigenvalue weighted by Crippen LogP contribution is 2.38. The molecule has 0 atom stereocenters. The van der Waals surface area contributed by atoms with Crippen LogP contribution in [-0.4, -0.2) is 4.98 Å². The van der Waals surface area contributed by atoms with Crippen molar-refractivity contribution in [2.75, 3.05) is 5.43 Å². The van der Waals surface area contributed by atoms with Gasteiger partial charge in [-0.25, -0.2) is 0 Å². The number of anilines is 1. The van der Waals surface area contributed by atoms with Gasteiger partial charge in [0.2, 0.25) is 0 Å². The average Bonchev–Trinajstić information content (AvgIpc) is 2.35. The molecule has 6 heteroatoms. The Balaban J connectivity index is 2.89. The molecular formula is C11H10BrCl2N3. The maximum Gasteiger partial charge on any atom is 0.0928 e. The predicted octanol–water partition coefficient (Wildman–Crippen LogP) is 4.15. The summed E-state index contributed by atoms with van der Waals surface area (Å²) in [5, 5.41) is 1.73. The van der Waals surface area contributed by atoms with E-state index < -0.39 is 0 Å². The van der Waals surface area contributed by atoms with Gasteiger partial charge < -0.3 is 5.43 Å². The van der Waals surface area contributed by atoms with Crippen molar-refractivity contribution in [1.29, 1.82) is 0 Å². The van der Waals surface area contributed by atoms with E-state index in [4.69, 9.17) is 29.0 Å². The largest absolute Gasteiger partial charge is 0.323 e. The third-order valence-electron chi connectivity index (χ3n) is 2.51. The summed E-state index contributed by atoms with van der Waals surface area (Å²) in [6, 6.07) is 3.75. The van der Waals surface area contributed by atoms with Gasteiger partial charge in [0, 0.05) is 15.6 Å². The van der Waals surface area contributed by atoms with Gasteiger partial charge >= 0.3 is 0 Å². The standard InChI is InChI=1S/C11H10BrCl2N3/c1-2-5-3-8(17-15)6-4-7(12)9(13)10(14)11(6)16-5/h3-4H,2,15H2,1H3,(H,16,17). The van der Waals surface area contributed by atoms with Crippen LogP contribution < -0.4 is 11.3 Å². The summed E-state index contributed by atoms with van der Waals surface area (Å²) in [5.74, 6) is 5.51. The Morgan fingerprint density at radius 1 is 1.35 bits per heavy atom. The van der Waals surface area contributed by atoms with Gasteiger partial charge in [-0.2, -0.15) is 0 Å². The molecule has 2 aromatic rings. The molecule has 0 amide bonds. The van der Waals surface area contributed by atoms with Crippen molar-refractivity contribution in [3.05, 3.63) is 32.3 Å². The summed E-state index contributed by atoms with van der Waals surface area (Å²) in [7, 11) is 0.